The van der Waals surface area contributed by atoms with Gasteiger partial charge in [-0.25, -0.2) is 5.48 Å². The van der Waals surface area contributed by atoms with E-state index in [1.165, 1.54) is 11.8 Å². The van der Waals surface area contributed by atoms with Gasteiger partial charge in [-0.15, -0.1) is 10.2 Å². The van der Waals surface area contributed by atoms with Crippen molar-refractivity contribution in [3.8, 4) is 0 Å². The molecule has 2 heterocycles. The van der Waals surface area contributed by atoms with Crippen molar-refractivity contribution >= 4 is 68.3 Å². The molecule has 10 heteroatoms. The van der Waals surface area contributed by atoms with Crippen LogP contribution in [0, 0.1) is 0 Å². The van der Waals surface area contributed by atoms with Gasteiger partial charge >= 0.3 is 0 Å². The molecule has 3 aromatic rings. The summed E-state index contributed by atoms with van der Waals surface area (Å²) in [7, 11) is 0. The summed E-state index contributed by atoms with van der Waals surface area (Å²) in [6, 6.07) is 15.0. The zero-order chi connectivity index (χ0) is 21.1. The van der Waals surface area contributed by atoms with Gasteiger partial charge in [0.2, 0.25) is 0 Å². The van der Waals surface area contributed by atoms with Gasteiger partial charge < -0.3 is 0 Å². The van der Waals surface area contributed by atoms with Crippen molar-refractivity contribution in [3.05, 3.63) is 79.3 Å². The molecule has 0 saturated heterocycles. The summed E-state index contributed by atoms with van der Waals surface area (Å²) in [5.74, 6) is 0.547. The van der Waals surface area contributed by atoms with E-state index < -0.39 is 0 Å². The average molecular weight is 545 g/mol. The minimum absolute atomic E-state index is 0.129. The van der Waals surface area contributed by atoms with E-state index in [0.717, 1.165) is 14.9 Å². The van der Waals surface area contributed by atoms with Gasteiger partial charge in [-0.2, -0.15) is 0 Å². The Bertz CT molecular complexity index is 1120. The molecule has 0 spiro atoms. The van der Waals surface area contributed by atoms with Crippen molar-refractivity contribution in [3.63, 3.8) is 0 Å². The number of nitrogens with zero attached hydrogens (tertiary/aromatic N) is 3. The third kappa shape index (κ3) is 5.46. The van der Waals surface area contributed by atoms with Crippen LogP contribution in [0.1, 0.15) is 11.1 Å². The third-order valence-corrected chi connectivity index (χ3v) is 6.47. The molecule has 0 saturated carbocycles. The normalized spacial score (nSPS) is 16.1. The summed E-state index contributed by atoms with van der Waals surface area (Å²) >= 11 is 23.4. The molecule has 2 aromatic carbocycles. The maximum atomic E-state index is 6.32. The molecule has 1 atom stereocenters. The molecule has 1 aliphatic rings. The lowest BCUT2D eigenvalue weighted by molar-refractivity contribution is 0.0623. The lowest BCUT2D eigenvalue weighted by atomic mass is 10.1. The number of halogens is 4. The number of hydroxylamine groups is 1. The number of hydrogen-bond donors (Lipinski definition) is 1. The van der Waals surface area contributed by atoms with Gasteiger partial charge in [-0.1, -0.05) is 74.6 Å². The van der Waals surface area contributed by atoms with Gasteiger partial charge in [0.25, 0.3) is 0 Å². The fourth-order valence-corrected chi connectivity index (χ4v) is 4.95. The van der Waals surface area contributed by atoms with E-state index in [9.17, 15) is 0 Å². The first kappa shape index (κ1) is 21.9. The molecule has 154 valence electrons. The van der Waals surface area contributed by atoms with Crippen LogP contribution in [-0.4, -0.2) is 28.7 Å². The quantitative estimate of drug-likeness (QED) is 0.412. The summed E-state index contributed by atoms with van der Waals surface area (Å²) in [5, 5.41) is 10.4. The summed E-state index contributed by atoms with van der Waals surface area (Å²) < 4.78 is 0.979. The topological polar surface area (TPSA) is 59.4 Å². The predicted molar refractivity (Wildman–Crippen MR) is 125 cm³/mol. The van der Waals surface area contributed by atoms with Crippen LogP contribution in [0.5, 0.6) is 0 Å². The van der Waals surface area contributed by atoms with Crippen LogP contribution in [0.25, 0.3) is 0 Å². The van der Waals surface area contributed by atoms with Crippen LogP contribution in [0.15, 0.2) is 67.9 Å². The zero-order valence-corrected chi connectivity index (χ0v) is 20.0. The second-order valence-corrected chi connectivity index (χ2v) is 9.64. The molecule has 1 aliphatic heterocycles. The molecule has 4 rings (SSSR count). The Morgan fingerprint density at radius 1 is 1.10 bits per heavy atom. The Balaban J connectivity index is 1.62. The van der Waals surface area contributed by atoms with E-state index in [1.54, 1.807) is 12.1 Å². The van der Waals surface area contributed by atoms with Crippen molar-refractivity contribution in [2.45, 2.75) is 22.4 Å². The Kier molecular flexibility index (Phi) is 7.18. The van der Waals surface area contributed by atoms with Gasteiger partial charge in [-0.3, -0.25) is 9.83 Å². The molecule has 0 fully saturated rings. The Morgan fingerprint density at radius 2 is 1.97 bits per heavy atom. The maximum Gasteiger partial charge on any atom is 0.155 e. The summed E-state index contributed by atoms with van der Waals surface area (Å²) in [6.07, 6.45) is 0.613. The molecule has 0 radical (unpaired) electrons. The first-order valence-electron chi connectivity index (χ1n) is 8.84. The van der Waals surface area contributed by atoms with E-state index in [4.69, 9.17) is 44.6 Å². The first-order valence-corrected chi connectivity index (χ1v) is 11.6. The molecule has 0 amide bonds. The minimum atomic E-state index is -0.129. The highest BCUT2D eigenvalue weighted by Crippen LogP contribution is 2.31. The number of aliphatic imine (C=N–C) groups is 1. The number of hydrogen-bond acceptors (Lipinski definition) is 6. The van der Waals surface area contributed by atoms with Gasteiger partial charge in [-0.05, 0) is 48.4 Å². The van der Waals surface area contributed by atoms with Gasteiger partial charge in [0.05, 0.1) is 18.2 Å². The fourth-order valence-electron chi connectivity index (χ4n) is 2.87. The second kappa shape index (κ2) is 9.85. The zero-order valence-electron chi connectivity index (χ0n) is 15.3. The lowest BCUT2D eigenvalue weighted by Crippen LogP contribution is -2.37. The van der Waals surface area contributed by atoms with E-state index in [2.05, 4.69) is 31.6 Å². The average Bonchev–Trinajstić information content (AvgIpc) is 2.72. The van der Waals surface area contributed by atoms with Crippen LogP contribution in [0.4, 0.5) is 0 Å². The highest BCUT2D eigenvalue weighted by atomic mass is 79.9. The van der Waals surface area contributed by atoms with Crippen LogP contribution < -0.4 is 5.48 Å². The van der Waals surface area contributed by atoms with Crippen LogP contribution in [-0.2, 0) is 11.3 Å². The molecule has 0 bridgehead atoms. The van der Waals surface area contributed by atoms with Crippen molar-refractivity contribution in [2.24, 2.45) is 4.99 Å². The first-order chi connectivity index (χ1) is 14.5. The van der Waals surface area contributed by atoms with Crippen LogP contribution in [0.2, 0.25) is 15.2 Å². The van der Waals surface area contributed by atoms with Gasteiger partial charge in [0, 0.05) is 19.4 Å². The minimum Gasteiger partial charge on any atom is -0.272 e. The van der Waals surface area contributed by atoms with E-state index in [0.29, 0.717) is 39.5 Å². The molecule has 5 nitrogen and oxygen atoms in total. The van der Waals surface area contributed by atoms with E-state index in [-0.39, 0.29) is 11.2 Å². The smallest absolute Gasteiger partial charge is 0.155 e. The monoisotopic (exact) mass is 542 g/mol. The van der Waals surface area contributed by atoms with Crippen LogP contribution >= 0.6 is 62.5 Å². The molecular formula is C20H14BrCl3N4OS. The molecular weight excluding hydrogens is 531 g/mol. The maximum absolute atomic E-state index is 6.32. The second-order valence-electron chi connectivity index (χ2n) is 6.43. The summed E-state index contributed by atoms with van der Waals surface area (Å²) in [5.41, 5.74) is 4.55. The van der Waals surface area contributed by atoms with Crippen molar-refractivity contribution < 1.29 is 4.84 Å². The standard InChI is InChI=1S/C20H14BrCl3N4OS/c21-12-2-1-3-15(7-12)30-20-16(9-18(24)26-27-20)19-25-14(10-29-28-19)6-11-4-5-13(22)8-17(11)23/h1-5,7-9,14H,6,10H2,(H,25,28)/t14-/m1/s1. The van der Waals surface area contributed by atoms with Gasteiger partial charge in [0.15, 0.2) is 11.0 Å². The number of rotatable bonds is 5. The molecule has 0 aliphatic carbocycles. The highest BCUT2D eigenvalue weighted by molar-refractivity contribution is 9.10. The Labute approximate surface area is 201 Å². The van der Waals surface area contributed by atoms with Crippen molar-refractivity contribution in [2.75, 3.05) is 6.61 Å². The molecule has 30 heavy (non-hydrogen) atoms. The van der Waals surface area contributed by atoms with Crippen molar-refractivity contribution in [1.29, 1.82) is 0 Å². The number of nitrogens with one attached hydrogen (secondary N) is 1. The number of aromatic nitrogens is 2. The summed E-state index contributed by atoms with van der Waals surface area (Å²) in [6.45, 7) is 0.406. The SMILES string of the molecule is Clc1ccc(C[C@@H]2CONC(c3cc(Cl)nnc3Sc3cccc(Br)c3)=N2)c(Cl)c1. The van der Waals surface area contributed by atoms with E-state index in [1.807, 2.05) is 36.4 Å². The predicted octanol–water partition coefficient (Wildman–Crippen LogP) is 6.24. The third-order valence-electron chi connectivity index (χ3n) is 4.22. The Hall–Kier alpha value is -1.35. The van der Waals surface area contributed by atoms with Gasteiger partial charge in [0.1, 0.15) is 5.03 Å². The summed E-state index contributed by atoms with van der Waals surface area (Å²) in [4.78, 5) is 11.4. The fraction of sp³-hybridized carbons (Fsp3) is 0.150. The lowest BCUT2D eigenvalue weighted by Gasteiger charge is -2.23. The highest BCUT2D eigenvalue weighted by Gasteiger charge is 2.22. The Morgan fingerprint density at radius 3 is 2.77 bits per heavy atom. The number of amidine groups is 1. The number of benzene rings is 2. The largest absolute Gasteiger partial charge is 0.272 e. The molecule has 1 aromatic heterocycles. The van der Waals surface area contributed by atoms with Crippen molar-refractivity contribution in [1.82, 2.24) is 15.7 Å². The molecule has 1 N–H and O–H groups in total. The van der Waals surface area contributed by atoms with E-state index >= 15 is 0 Å². The molecule has 0 unspecified atom stereocenters. The van der Waals surface area contributed by atoms with Crippen LogP contribution in [0.3, 0.4) is 0 Å².